The van der Waals surface area contributed by atoms with Crippen molar-refractivity contribution in [3.63, 3.8) is 0 Å². The van der Waals surface area contributed by atoms with E-state index < -0.39 is 6.10 Å². The molecule has 2 rings (SSSR count). The normalized spacial score (nSPS) is 16.9. The maximum atomic E-state index is 12.2. The Hall–Kier alpha value is -1.88. The Labute approximate surface area is 144 Å². The average molecular weight is 332 g/mol. The van der Waals surface area contributed by atoms with Gasteiger partial charge in [-0.2, -0.15) is 0 Å². The first kappa shape index (κ1) is 18.5. The Balaban J connectivity index is 1.71. The molecular weight excluding hydrogens is 304 g/mol. The lowest BCUT2D eigenvalue weighted by Crippen LogP contribution is -2.45. The number of benzene rings is 1. The number of amides is 2. The van der Waals surface area contributed by atoms with E-state index in [0.29, 0.717) is 32.4 Å². The summed E-state index contributed by atoms with van der Waals surface area (Å²) in [6.07, 6.45) is 1.33. The van der Waals surface area contributed by atoms with Gasteiger partial charge < -0.3 is 15.3 Å². The average Bonchev–Trinajstić information content (AvgIpc) is 2.60. The van der Waals surface area contributed by atoms with Crippen LogP contribution in [0.5, 0.6) is 0 Å². The van der Waals surface area contributed by atoms with Crippen LogP contribution in [-0.4, -0.2) is 47.6 Å². The summed E-state index contributed by atoms with van der Waals surface area (Å²) in [7, 11) is 0. The molecule has 1 heterocycles. The zero-order valence-electron chi connectivity index (χ0n) is 14.6. The first-order valence-electron chi connectivity index (χ1n) is 8.76. The highest BCUT2D eigenvalue weighted by Crippen LogP contribution is 2.19. The van der Waals surface area contributed by atoms with Gasteiger partial charge in [0.2, 0.25) is 11.8 Å². The molecule has 1 aliphatic rings. The minimum absolute atomic E-state index is 0.00325. The van der Waals surface area contributed by atoms with Crippen LogP contribution in [0, 0.1) is 11.8 Å². The lowest BCUT2D eigenvalue weighted by molar-refractivity contribution is -0.138. The molecule has 1 fully saturated rings. The Kier molecular flexibility index (Phi) is 6.79. The molecule has 0 aromatic heterocycles. The van der Waals surface area contributed by atoms with Crippen molar-refractivity contribution in [3.8, 4) is 0 Å². The van der Waals surface area contributed by atoms with Crippen LogP contribution in [0.4, 0.5) is 0 Å². The number of aliphatic hydroxyl groups is 1. The van der Waals surface area contributed by atoms with Crippen molar-refractivity contribution < 1.29 is 14.7 Å². The molecule has 5 heteroatoms. The number of nitrogens with zero attached hydrogens (tertiary/aromatic N) is 1. The van der Waals surface area contributed by atoms with Crippen LogP contribution in [0.15, 0.2) is 30.3 Å². The molecule has 5 nitrogen and oxygen atoms in total. The lowest BCUT2D eigenvalue weighted by atomic mass is 9.95. The highest BCUT2D eigenvalue weighted by molar-refractivity contribution is 5.80. The fourth-order valence-electron chi connectivity index (χ4n) is 3.05. The van der Waals surface area contributed by atoms with Gasteiger partial charge in [0.25, 0.3) is 0 Å². The molecule has 0 radical (unpaired) electrons. The Morgan fingerprint density at radius 3 is 2.42 bits per heavy atom. The van der Waals surface area contributed by atoms with E-state index >= 15 is 0 Å². The second-order valence-corrected chi connectivity index (χ2v) is 6.84. The summed E-state index contributed by atoms with van der Waals surface area (Å²) in [5.41, 5.74) is 1.06. The number of nitrogens with one attached hydrogen (secondary N) is 1. The third-order valence-electron chi connectivity index (χ3n) is 4.50. The molecule has 1 aromatic rings. The van der Waals surface area contributed by atoms with E-state index in [1.807, 2.05) is 49.1 Å². The second-order valence-electron chi connectivity index (χ2n) is 6.84. The number of aliphatic hydroxyl groups excluding tert-OH is 1. The number of carbonyl (C=O) groups excluding carboxylic acids is 2. The van der Waals surface area contributed by atoms with Gasteiger partial charge in [-0.3, -0.25) is 9.59 Å². The highest BCUT2D eigenvalue weighted by Gasteiger charge is 2.28. The maximum absolute atomic E-state index is 12.2. The van der Waals surface area contributed by atoms with Crippen LogP contribution in [0.2, 0.25) is 0 Å². The minimum Gasteiger partial charge on any atom is -0.391 e. The van der Waals surface area contributed by atoms with E-state index in [9.17, 15) is 14.7 Å². The first-order valence-corrected chi connectivity index (χ1v) is 8.76. The van der Waals surface area contributed by atoms with Crippen LogP contribution >= 0.6 is 0 Å². The van der Waals surface area contributed by atoms with Gasteiger partial charge in [-0.25, -0.2) is 0 Å². The number of likely N-dealkylation sites (tertiary alicyclic amines) is 1. The molecule has 1 unspecified atom stereocenters. The maximum Gasteiger partial charge on any atom is 0.225 e. The van der Waals surface area contributed by atoms with Crippen molar-refractivity contribution in [1.82, 2.24) is 10.2 Å². The molecule has 0 spiro atoms. The molecule has 0 aliphatic carbocycles. The summed E-state index contributed by atoms with van der Waals surface area (Å²) in [5, 5.41) is 12.9. The molecule has 1 saturated heterocycles. The van der Waals surface area contributed by atoms with Gasteiger partial charge in [-0.15, -0.1) is 0 Å². The summed E-state index contributed by atoms with van der Waals surface area (Å²) in [6.45, 7) is 5.34. The van der Waals surface area contributed by atoms with Gasteiger partial charge in [0.15, 0.2) is 0 Å². The van der Waals surface area contributed by atoms with Gasteiger partial charge in [-0.1, -0.05) is 44.2 Å². The third-order valence-corrected chi connectivity index (χ3v) is 4.50. The quantitative estimate of drug-likeness (QED) is 0.831. The SMILES string of the molecule is CC(C)C(=O)N1CCC(C(=O)NCC(O)Cc2ccccc2)CC1. The predicted molar refractivity (Wildman–Crippen MR) is 93.3 cm³/mol. The standard InChI is InChI=1S/C19H28N2O3/c1-14(2)19(24)21-10-8-16(9-11-21)18(23)20-13-17(22)12-15-6-4-3-5-7-15/h3-7,14,16-17,22H,8-13H2,1-2H3,(H,20,23). The highest BCUT2D eigenvalue weighted by atomic mass is 16.3. The lowest BCUT2D eigenvalue weighted by Gasteiger charge is -2.32. The van der Waals surface area contributed by atoms with Crippen molar-refractivity contribution in [2.24, 2.45) is 11.8 Å². The van der Waals surface area contributed by atoms with E-state index in [4.69, 9.17) is 0 Å². The van der Waals surface area contributed by atoms with Crippen molar-refractivity contribution >= 4 is 11.8 Å². The summed E-state index contributed by atoms with van der Waals surface area (Å²) >= 11 is 0. The third kappa shape index (κ3) is 5.34. The molecule has 0 saturated carbocycles. The summed E-state index contributed by atoms with van der Waals surface area (Å²) in [6, 6.07) is 9.74. The zero-order chi connectivity index (χ0) is 17.5. The molecule has 132 valence electrons. The van der Waals surface area contributed by atoms with Crippen molar-refractivity contribution in [2.75, 3.05) is 19.6 Å². The molecular formula is C19H28N2O3. The van der Waals surface area contributed by atoms with Crippen LogP contribution in [0.3, 0.4) is 0 Å². The van der Waals surface area contributed by atoms with Crippen molar-refractivity contribution in [3.05, 3.63) is 35.9 Å². The Morgan fingerprint density at radius 2 is 1.83 bits per heavy atom. The zero-order valence-corrected chi connectivity index (χ0v) is 14.6. The van der Waals surface area contributed by atoms with Crippen LogP contribution in [0.1, 0.15) is 32.3 Å². The van der Waals surface area contributed by atoms with Gasteiger partial charge in [0.05, 0.1) is 6.10 Å². The fraction of sp³-hybridized carbons (Fsp3) is 0.579. The molecule has 2 N–H and O–H groups in total. The number of hydrogen-bond acceptors (Lipinski definition) is 3. The van der Waals surface area contributed by atoms with Crippen LogP contribution in [0.25, 0.3) is 0 Å². The fourth-order valence-corrected chi connectivity index (χ4v) is 3.05. The Morgan fingerprint density at radius 1 is 1.21 bits per heavy atom. The molecule has 2 amide bonds. The van der Waals surface area contributed by atoms with Gasteiger partial charge in [0, 0.05) is 37.9 Å². The van der Waals surface area contributed by atoms with E-state index in [0.717, 1.165) is 5.56 Å². The Bertz CT molecular complexity index is 537. The summed E-state index contributed by atoms with van der Waals surface area (Å²) in [5.74, 6) is 0.0829. The van der Waals surface area contributed by atoms with E-state index in [-0.39, 0.29) is 30.2 Å². The summed E-state index contributed by atoms with van der Waals surface area (Å²) in [4.78, 5) is 26.0. The smallest absolute Gasteiger partial charge is 0.225 e. The van der Waals surface area contributed by atoms with Crippen molar-refractivity contribution in [2.45, 2.75) is 39.2 Å². The van der Waals surface area contributed by atoms with Crippen molar-refractivity contribution in [1.29, 1.82) is 0 Å². The predicted octanol–water partition coefficient (Wildman–Crippen LogP) is 1.60. The van der Waals surface area contributed by atoms with Crippen LogP contribution < -0.4 is 5.32 Å². The molecule has 1 aliphatic heterocycles. The number of piperidine rings is 1. The molecule has 24 heavy (non-hydrogen) atoms. The largest absolute Gasteiger partial charge is 0.391 e. The summed E-state index contributed by atoms with van der Waals surface area (Å²) < 4.78 is 0. The number of carbonyl (C=O) groups is 2. The molecule has 1 atom stereocenters. The minimum atomic E-state index is -0.584. The number of rotatable bonds is 6. The first-order chi connectivity index (χ1) is 11.5. The van der Waals surface area contributed by atoms with Gasteiger partial charge in [0.1, 0.15) is 0 Å². The van der Waals surface area contributed by atoms with Crippen LogP contribution in [-0.2, 0) is 16.0 Å². The van der Waals surface area contributed by atoms with E-state index in [1.54, 1.807) is 0 Å². The van der Waals surface area contributed by atoms with Gasteiger partial charge >= 0.3 is 0 Å². The van der Waals surface area contributed by atoms with E-state index in [1.165, 1.54) is 0 Å². The molecule has 1 aromatic carbocycles. The second kappa shape index (κ2) is 8.83. The molecule has 0 bridgehead atoms. The monoisotopic (exact) mass is 332 g/mol. The topological polar surface area (TPSA) is 69.6 Å². The van der Waals surface area contributed by atoms with Gasteiger partial charge in [-0.05, 0) is 18.4 Å². The number of hydrogen-bond donors (Lipinski definition) is 2. The van der Waals surface area contributed by atoms with E-state index in [2.05, 4.69) is 5.32 Å².